The third-order valence-electron chi connectivity index (χ3n) is 2.42. The molecule has 0 heterocycles. The molecule has 0 spiro atoms. The maximum Gasteiger partial charge on any atom is 0.307 e. The largest absolute Gasteiger partial charge is 0.481 e. The van der Waals surface area contributed by atoms with Crippen LogP contribution in [-0.2, 0) is 9.59 Å². The van der Waals surface area contributed by atoms with E-state index in [4.69, 9.17) is 10.2 Å². The fourth-order valence-electron chi connectivity index (χ4n) is 1.49. The number of rotatable bonds is 8. The van der Waals surface area contributed by atoms with Gasteiger partial charge in [-0.05, 0) is 32.1 Å². The van der Waals surface area contributed by atoms with Gasteiger partial charge in [-0.2, -0.15) is 0 Å². The van der Waals surface area contributed by atoms with E-state index in [1.165, 1.54) is 0 Å². The van der Waals surface area contributed by atoms with E-state index in [0.717, 1.165) is 24.8 Å². The topological polar surface area (TPSA) is 74.6 Å². The van der Waals surface area contributed by atoms with Gasteiger partial charge in [0.2, 0.25) is 0 Å². The molecule has 0 aliphatic rings. The molecule has 1 atom stereocenters. The summed E-state index contributed by atoms with van der Waals surface area (Å²) in [5.41, 5.74) is 1.06. The summed E-state index contributed by atoms with van der Waals surface area (Å²) in [5, 5.41) is 17.0. The van der Waals surface area contributed by atoms with Gasteiger partial charge < -0.3 is 10.2 Å². The van der Waals surface area contributed by atoms with Crippen molar-refractivity contribution in [3.63, 3.8) is 0 Å². The molecule has 0 saturated carbocycles. The van der Waals surface area contributed by atoms with E-state index in [9.17, 15) is 9.59 Å². The highest BCUT2D eigenvalue weighted by Gasteiger charge is 2.06. The van der Waals surface area contributed by atoms with Crippen molar-refractivity contribution in [3.8, 4) is 0 Å². The summed E-state index contributed by atoms with van der Waals surface area (Å²) < 4.78 is 0. The molecule has 0 aromatic heterocycles. The van der Waals surface area contributed by atoms with Crippen LogP contribution in [0, 0.1) is 5.92 Å². The molecule has 0 saturated heterocycles. The van der Waals surface area contributed by atoms with Crippen LogP contribution in [0.25, 0.3) is 0 Å². The second-order valence-electron chi connectivity index (χ2n) is 4.24. The average molecular weight is 228 g/mol. The van der Waals surface area contributed by atoms with E-state index in [1.807, 2.05) is 13.8 Å². The minimum atomic E-state index is -0.821. The Morgan fingerprint density at radius 2 is 1.88 bits per heavy atom. The summed E-state index contributed by atoms with van der Waals surface area (Å²) in [6.45, 7) is 3.83. The highest BCUT2D eigenvalue weighted by Crippen LogP contribution is 2.15. The second-order valence-corrected chi connectivity index (χ2v) is 4.24. The van der Waals surface area contributed by atoms with Gasteiger partial charge in [-0.15, -0.1) is 0 Å². The molecule has 4 heteroatoms. The molecule has 0 aliphatic heterocycles. The van der Waals surface area contributed by atoms with Gasteiger partial charge in [-0.1, -0.05) is 18.6 Å². The second kappa shape index (κ2) is 7.91. The molecular formula is C12H20O4. The first kappa shape index (κ1) is 14.7. The van der Waals surface area contributed by atoms with Crippen molar-refractivity contribution in [1.82, 2.24) is 0 Å². The van der Waals surface area contributed by atoms with Gasteiger partial charge >= 0.3 is 11.9 Å². The van der Waals surface area contributed by atoms with Crippen molar-refractivity contribution in [3.05, 3.63) is 11.6 Å². The summed E-state index contributed by atoms with van der Waals surface area (Å²) in [7, 11) is 0. The normalized spacial score (nSPS) is 13.5. The number of allylic oxidation sites excluding steroid dienone is 1. The number of carbonyl (C=O) groups is 2. The van der Waals surface area contributed by atoms with E-state index in [0.29, 0.717) is 0 Å². The molecule has 4 nitrogen and oxygen atoms in total. The first-order valence-corrected chi connectivity index (χ1v) is 5.51. The fourth-order valence-corrected chi connectivity index (χ4v) is 1.49. The zero-order valence-corrected chi connectivity index (χ0v) is 9.90. The predicted octanol–water partition coefficient (Wildman–Crippen LogP) is 2.69. The fraction of sp³-hybridized carbons (Fsp3) is 0.667. The van der Waals surface area contributed by atoms with Crippen LogP contribution in [0.1, 0.15) is 46.0 Å². The Bertz CT molecular complexity index is 268. The third kappa shape index (κ3) is 9.24. The van der Waals surface area contributed by atoms with E-state index in [2.05, 4.69) is 0 Å². The van der Waals surface area contributed by atoms with Gasteiger partial charge in [0.1, 0.15) is 0 Å². The Balaban J connectivity index is 3.68. The molecule has 0 bridgehead atoms. The maximum atomic E-state index is 10.4. The predicted molar refractivity (Wildman–Crippen MR) is 61.3 cm³/mol. The van der Waals surface area contributed by atoms with Crippen LogP contribution in [-0.4, -0.2) is 22.2 Å². The van der Waals surface area contributed by atoms with Crippen LogP contribution in [0.15, 0.2) is 11.6 Å². The summed E-state index contributed by atoms with van der Waals surface area (Å²) in [6.07, 6.45) is 4.61. The van der Waals surface area contributed by atoms with Crippen molar-refractivity contribution in [2.24, 2.45) is 5.92 Å². The Morgan fingerprint density at radius 1 is 1.25 bits per heavy atom. The molecule has 1 unspecified atom stereocenters. The Kier molecular flexibility index (Phi) is 7.25. The molecule has 16 heavy (non-hydrogen) atoms. The SMILES string of the molecule is CC(=CCC(=O)O)CCCC(C)CC(=O)O. The summed E-state index contributed by atoms with van der Waals surface area (Å²) in [6, 6.07) is 0. The van der Waals surface area contributed by atoms with Crippen molar-refractivity contribution in [2.75, 3.05) is 0 Å². The maximum absolute atomic E-state index is 10.4. The number of hydrogen-bond donors (Lipinski definition) is 2. The third-order valence-corrected chi connectivity index (χ3v) is 2.42. The van der Waals surface area contributed by atoms with Crippen molar-refractivity contribution < 1.29 is 19.8 Å². The lowest BCUT2D eigenvalue weighted by atomic mass is 9.98. The minimum Gasteiger partial charge on any atom is -0.481 e. The van der Waals surface area contributed by atoms with Crippen molar-refractivity contribution >= 4 is 11.9 Å². The zero-order chi connectivity index (χ0) is 12.6. The van der Waals surface area contributed by atoms with Gasteiger partial charge in [-0.3, -0.25) is 9.59 Å². The molecule has 0 rings (SSSR count). The number of aliphatic carboxylic acids is 2. The van der Waals surface area contributed by atoms with Crippen LogP contribution >= 0.6 is 0 Å². The van der Waals surface area contributed by atoms with E-state index >= 15 is 0 Å². The van der Waals surface area contributed by atoms with Crippen LogP contribution < -0.4 is 0 Å². The van der Waals surface area contributed by atoms with Crippen molar-refractivity contribution in [1.29, 1.82) is 0 Å². The van der Waals surface area contributed by atoms with Crippen LogP contribution in [0.5, 0.6) is 0 Å². The van der Waals surface area contributed by atoms with Crippen molar-refractivity contribution in [2.45, 2.75) is 46.0 Å². The van der Waals surface area contributed by atoms with Gasteiger partial charge in [0, 0.05) is 6.42 Å². The molecule has 0 fully saturated rings. The van der Waals surface area contributed by atoms with Gasteiger partial charge in [0.05, 0.1) is 6.42 Å². The first-order chi connectivity index (χ1) is 7.41. The molecule has 2 N–H and O–H groups in total. The molecule has 0 radical (unpaired) electrons. The standard InChI is InChI=1S/C12H20O4/c1-9(6-7-11(13)14)4-3-5-10(2)8-12(15)16/h6,10H,3-5,7-8H2,1-2H3,(H,13,14)(H,15,16). The number of carboxylic acid groups (broad SMARTS) is 2. The Labute approximate surface area is 96.0 Å². The average Bonchev–Trinajstić information content (AvgIpc) is 2.13. The summed E-state index contributed by atoms with van der Waals surface area (Å²) in [5.74, 6) is -1.39. The molecule has 0 aromatic carbocycles. The quantitative estimate of drug-likeness (QED) is 0.626. The van der Waals surface area contributed by atoms with Gasteiger partial charge in [0.15, 0.2) is 0 Å². The highest BCUT2D eigenvalue weighted by molar-refractivity contribution is 5.68. The van der Waals surface area contributed by atoms with Crippen LogP contribution in [0.2, 0.25) is 0 Å². The number of carboxylic acids is 2. The first-order valence-electron chi connectivity index (χ1n) is 5.51. The smallest absolute Gasteiger partial charge is 0.307 e. The van der Waals surface area contributed by atoms with Crippen LogP contribution in [0.3, 0.4) is 0 Å². The van der Waals surface area contributed by atoms with E-state index in [1.54, 1.807) is 6.08 Å². The van der Waals surface area contributed by atoms with Gasteiger partial charge in [-0.25, -0.2) is 0 Å². The van der Waals surface area contributed by atoms with E-state index in [-0.39, 0.29) is 18.8 Å². The molecular weight excluding hydrogens is 208 g/mol. The molecule has 92 valence electrons. The summed E-state index contributed by atoms with van der Waals surface area (Å²) >= 11 is 0. The minimum absolute atomic E-state index is 0.0660. The van der Waals surface area contributed by atoms with Gasteiger partial charge in [0.25, 0.3) is 0 Å². The van der Waals surface area contributed by atoms with Crippen LogP contribution in [0.4, 0.5) is 0 Å². The zero-order valence-electron chi connectivity index (χ0n) is 9.90. The lowest BCUT2D eigenvalue weighted by molar-refractivity contribution is -0.138. The van der Waals surface area contributed by atoms with E-state index < -0.39 is 11.9 Å². The Hall–Kier alpha value is -1.32. The molecule has 0 aromatic rings. The number of hydrogen-bond acceptors (Lipinski definition) is 2. The lowest BCUT2D eigenvalue weighted by Gasteiger charge is -2.08. The summed E-state index contributed by atoms with van der Waals surface area (Å²) in [4.78, 5) is 20.7. The highest BCUT2D eigenvalue weighted by atomic mass is 16.4. The molecule has 0 amide bonds. The lowest BCUT2D eigenvalue weighted by Crippen LogP contribution is -2.04. The molecule has 0 aliphatic carbocycles. The Morgan fingerprint density at radius 3 is 2.38 bits per heavy atom. The monoisotopic (exact) mass is 228 g/mol.